The van der Waals surface area contributed by atoms with Gasteiger partial charge in [0.2, 0.25) is 0 Å². The minimum Gasteiger partial charge on any atom is -0.394 e. The maximum atomic E-state index is 10.6. The van der Waals surface area contributed by atoms with E-state index in [1.807, 2.05) is 5.48 Å². The summed E-state index contributed by atoms with van der Waals surface area (Å²) in [6.07, 6.45) is -4.13. The molecular formula is C8H18N2O6. The summed E-state index contributed by atoms with van der Waals surface area (Å²) in [7, 11) is 0. The van der Waals surface area contributed by atoms with Crippen molar-refractivity contribution < 1.29 is 30.1 Å². The van der Waals surface area contributed by atoms with Crippen molar-refractivity contribution in [1.82, 2.24) is 5.48 Å². The second-order valence-electron chi connectivity index (χ2n) is 3.17. The first-order valence-corrected chi connectivity index (χ1v) is 4.78. The summed E-state index contributed by atoms with van der Waals surface area (Å²) in [6, 6.07) is 0. The van der Waals surface area contributed by atoms with Crippen molar-refractivity contribution >= 4 is 5.91 Å². The van der Waals surface area contributed by atoms with Crippen molar-refractivity contribution in [2.75, 3.05) is 19.8 Å². The number of aliphatic hydroxyl groups excluding tert-OH is 4. The molecule has 8 nitrogen and oxygen atoms in total. The predicted molar refractivity (Wildman–Crippen MR) is 52.9 cm³/mol. The quantitative estimate of drug-likeness (QED) is 0.190. The number of hydrogen-bond donors (Lipinski definition) is 6. The molecule has 1 amide bonds. The van der Waals surface area contributed by atoms with Crippen LogP contribution in [0.1, 0.15) is 6.42 Å². The molecule has 0 saturated carbocycles. The lowest BCUT2D eigenvalue weighted by molar-refractivity contribution is -0.134. The topological polar surface area (TPSA) is 145 Å². The van der Waals surface area contributed by atoms with Crippen LogP contribution in [0.25, 0.3) is 0 Å². The van der Waals surface area contributed by atoms with Crippen LogP contribution in [-0.2, 0) is 9.63 Å². The second-order valence-corrected chi connectivity index (χ2v) is 3.17. The number of carbonyl (C=O) groups excluding carboxylic acids is 1. The number of rotatable bonds is 8. The number of aliphatic hydroxyl groups is 4. The van der Waals surface area contributed by atoms with E-state index >= 15 is 0 Å². The SMILES string of the molecule is NCC(=O)NOCC[C@@H](O)[C@H](O)[C@H](O)CO. The van der Waals surface area contributed by atoms with Gasteiger partial charge in [-0.15, -0.1) is 0 Å². The molecular weight excluding hydrogens is 220 g/mol. The molecule has 0 heterocycles. The van der Waals surface area contributed by atoms with Gasteiger partial charge in [0.25, 0.3) is 5.91 Å². The third kappa shape index (κ3) is 5.95. The van der Waals surface area contributed by atoms with Crippen molar-refractivity contribution in [2.24, 2.45) is 5.73 Å². The van der Waals surface area contributed by atoms with E-state index in [9.17, 15) is 15.0 Å². The Morgan fingerprint density at radius 1 is 1.31 bits per heavy atom. The zero-order chi connectivity index (χ0) is 12.6. The molecule has 0 bridgehead atoms. The molecule has 0 fully saturated rings. The predicted octanol–water partition coefficient (Wildman–Crippen LogP) is -3.54. The average Bonchev–Trinajstić information content (AvgIpc) is 2.31. The van der Waals surface area contributed by atoms with Crippen LogP contribution in [-0.4, -0.2) is 64.4 Å². The highest BCUT2D eigenvalue weighted by molar-refractivity contribution is 5.76. The van der Waals surface area contributed by atoms with Crippen LogP contribution in [0.2, 0.25) is 0 Å². The average molecular weight is 238 g/mol. The van der Waals surface area contributed by atoms with Gasteiger partial charge in [-0.1, -0.05) is 0 Å². The lowest BCUT2D eigenvalue weighted by Crippen LogP contribution is -2.40. The van der Waals surface area contributed by atoms with E-state index in [4.69, 9.17) is 15.9 Å². The van der Waals surface area contributed by atoms with Gasteiger partial charge in [0.1, 0.15) is 12.2 Å². The highest BCUT2D eigenvalue weighted by Crippen LogP contribution is 2.03. The fourth-order valence-electron chi connectivity index (χ4n) is 0.888. The van der Waals surface area contributed by atoms with Crippen LogP contribution in [0.4, 0.5) is 0 Å². The summed E-state index contributed by atoms with van der Waals surface area (Å²) >= 11 is 0. The third-order valence-corrected chi connectivity index (χ3v) is 1.86. The van der Waals surface area contributed by atoms with Crippen molar-refractivity contribution in [3.63, 3.8) is 0 Å². The molecule has 0 unspecified atom stereocenters. The Morgan fingerprint density at radius 3 is 2.44 bits per heavy atom. The Morgan fingerprint density at radius 2 is 1.94 bits per heavy atom. The Bertz CT molecular complexity index is 203. The van der Waals surface area contributed by atoms with Crippen molar-refractivity contribution in [1.29, 1.82) is 0 Å². The molecule has 7 N–H and O–H groups in total. The minimum absolute atomic E-state index is 0.0108. The van der Waals surface area contributed by atoms with E-state index in [2.05, 4.69) is 4.84 Å². The van der Waals surface area contributed by atoms with Gasteiger partial charge in [-0.05, 0) is 0 Å². The van der Waals surface area contributed by atoms with Gasteiger partial charge >= 0.3 is 0 Å². The molecule has 8 heteroatoms. The largest absolute Gasteiger partial charge is 0.394 e. The van der Waals surface area contributed by atoms with Gasteiger partial charge in [-0.2, -0.15) is 0 Å². The highest BCUT2D eigenvalue weighted by atomic mass is 16.6. The van der Waals surface area contributed by atoms with E-state index in [1.165, 1.54) is 0 Å². The van der Waals surface area contributed by atoms with Gasteiger partial charge in [-0.3, -0.25) is 9.63 Å². The van der Waals surface area contributed by atoms with Gasteiger partial charge in [0.15, 0.2) is 0 Å². The third-order valence-electron chi connectivity index (χ3n) is 1.86. The van der Waals surface area contributed by atoms with Crippen LogP contribution >= 0.6 is 0 Å². The number of carbonyl (C=O) groups is 1. The Balaban J connectivity index is 3.64. The summed E-state index contributed by atoms with van der Waals surface area (Å²) in [5.74, 6) is -0.509. The first-order valence-electron chi connectivity index (χ1n) is 4.78. The molecule has 0 aromatic heterocycles. The van der Waals surface area contributed by atoms with Crippen molar-refractivity contribution in [2.45, 2.75) is 24.7 Å². The molecule has 96 valence electrons. The van der Waals surface area contributed by atoms with Gasteiger partial charge < -0.3 is 26.2 Å². The number of amides is 1. The van der Waals surface area contributed by atoms with Gasteiger partial charge in [0.05, 0.1) is 25.9 Å². The molecule has 0 radical (unpaired) electrons. The van der Waals surface area contributed by atoms with Crippen LogP contribution in [0.5, 0.6) is 0 Å². The first kappa shape index (κ1) is 15.2. The maximum absolute atomic E-state index is 10.6. The molecule has 0 rings (SSSR count). The fourth-order valence-corrected chi connectivity index (χ4v) is 0.888. The van der Waals surface area contributed by atoms with Gasteiger partial charge in [-0.25, -0.2) is 5.48 Å². The second kappa shape index (κ2) is 8.39. The Hall–Kier alpha value is -0.770. The summed E-state index contributed by atoms with van der Waals surface area (Å²) < 4.78 is 0. The van der Waals surface area contributed by atoms with Crippen LogP contribution in [0.15, 0.2) is 0 Å². The number of nitrogens with two attached hydrogens (primary N) is 1. The highest BCUT2D eigenvalue weighted by Gasteiger charge is 2.23. The van der Waals surface area contributed by atoms with E-state index in [1.54, 1.807) is 0 Å². The molecule has 3 atom stereocenters. The summed E-state index contributed by atoms with van der Waals surface area (Å²) in [5.41, 5.74) is 6.98. The van der Waals surface area contributed by atoms with Crippen molar-refractivity contribution in [3.8, 4) is 0 Å². The molecule has 0 aromatic carbocycles. The summed E-state index contributed by atoms with van der Waals surface area (Å²) in [6.45, 7) is -0.917. The number of nitrogens with one attached hydrogen (secondary N) is 1. The summed E-state index contributed by atoms with van der Waals surface area (Å²) in [4.78, 5) is 15.2. The fraction of sp³-hybridized carbons (Fsp3) is 0.875. The normalized spacial score (nSPS) is 16.6. The molecule has 0 aliphatic heterocycles. The molecule has 16 heavy (non-hydrogen) atoms. The zero-order valence-corrected chi connectivity index (χ0v) is 8.74. The minimum atomic E-state index is -1.46. The standard InChI is InChI=1S/C8H18N2O6/c9-3-7(14)10-16-2-1-5(12)8(15)6(13)4-11/h5-6,8,11-13,15H,1-4,9H2,(H,10,14)/t5-,6-,8+/m1/s1. The van der Waals surface area contributed by atoms with Crippen molar-refractivity contribution in [3.05, 3.63) is 0 Å². The lowest BCUT2D eigenvalue weighted by atomic mass is 10.1. The molecule has 0 spiro atoms. The van der Waals surface area contributed by atoms with Crippen LogP contribution in [0, 0.1) is 0 Å². The molecule has 0 saturated heterocycles. The van der Waals surface area contributed by atoms with Gasteiger partial charge in [0, 0.05) is 6.42 Å². The van der Waals surface area contributed by atoms with Crippen LogP contribution in [0.3, 0.4) is 0 Å². The van der Waals surface area contributed by atoms with E-state index in [0.29, 0.717) is 0 Å². The van der Waals surface area contributed by atoms with E-state index < -0.39 is 30.8 Å². The summed E-state index contributed by atoms with van der Waals surface area (Å²) in [5, 5.41) is 36.0. The Labute approximate surface area is 92.6 Å². The number of hydrogen-bond acceptors (Lipinski definition) is 7. The number of hydroxylamine groups is 1. The molecule has 0 aliphatic rings. The molecule has 0 aliphatic carbocycles. The Kier molecular flexibility index (Phi) is 7.99. The first-order chi connectivity index (χ1) is 7.52. The molecule has 0 aromatic rings. The lowest BCUT2D eigenvalue weighted by Gasteiger charge is -2.21. The van der Waals surface area contributed by atoms with Crippen LogP contribution < -0.4 is 11.2 Å². The monoisotopic (exact) mass is 238 g/mol. The maximum Gasteiger partial charge on any atom is 0.257 e. The van der Waals surface area contributed by atoms with E-state index in [-0.39, 0.29) is 19.6 Å². The smallest absolute Gasteiger partial charge is 0.257 e. The zero-order valence-electron chi connectivity index (χ0n) is 8.74. The van der Waals surface area contributed by atoms with E-state index in [0.717, 1.165) is 0 Å².